The lowest BCUT2D eigenvalue weighted by molar-refractivity contribution is 0.0978. The minimum absolute atomic E-state index is 0.0451. The van der Waals surface area contributed by atoms with Gasteiger partial charge in [-0.3, -0.25) is 4.79 Å². The Labute approximate surface area is 166 Å². The van der Waals surface area contributed by atoms with Crippen molar-refractivity contribution in [3.8, 4) is 6.07 Å². The molecule has 1 N–H and O–H groups in total. The highest BCUT2D eigenvalue weighted by Gasteiger charge is 2.19. The molecule has 0 atom stereocenters. The Hall–Kier alpha value is -4.18. The summed E-state index contributed by atoms with van der Waals surface area (Å²) in [7, 11) is 0. The number of anilines is 1. The van der Waals surface area contributed by atoms with Crippen LogP contribution in [0.25, 0.3) is 11.0 Å². The van der Waals surface area contributed by atoms with Crippen LogP contribution in [0.2, 0.25) is 0 Å². The molecular formula is C22H17N5O2. The van der Waals surface area contributed by atoms with Gasteiger partial charge in [-0.25, -0.2) is 9.97 Å². The van der Waals surface area contributed by atoms with Crippen molar-refractivity contribution in [2.45, 2.75) is 13.2 Å². The van der Waals surface area contributed by atoms with E-state index in [0.29, 0.717) is 23.3 Å². The molecule has 0 spiro atoms. The van der Waals surface area contributed by atoms with Gasteiger partial charge in [-0.2, -0.15) is 5.26 Å². The molecule has 0 unspecified atom stereocenters. The molecule has 4 aromatic rings. The van der Waals surface area contributed by atoms with Gasteiger partial charge in [0.05, 0.1) is 11.1 Å². The van der Waals surface area contributed by atoms with Crippen molar-refractivity contribution in [1.82, 2.24) is 14.7 Å². The Morgan fingerprint density at radius 2 is 1.72 bits per heavy atom. The van der Waals surface area contributed by atoms with Crippen LogP contribution in [0.1, 0.15) is 16.7 Å². The van der Waals surface area contributed by atoms with Gasteiger partial charge in [0.1, 0.15) is 24.6 Å². The van der Waals surface area contributed by atoms with E-state index in [1.807, 2.05) is 66.7 Å². The molecule has 4 rings (SSSR count). The average molecular weight is 383 g/mol. The van der Waals surface area contributed by atoms with Crippen molar-refractivity contribution in [2.75, 3.05) is 5.32 Å². The van der Waals surface area contributed by atoms with E-state index < -0.39 is 5.56 Å². The highest BCUT2D eigenvalue weighted by Crippen LogP contribution is 2.23. The van der Waals surface area contributed by atoms with Gasteiger partial charge in [0.2, 0.25) is 0 Å². The number of hydrogen-bond acceptors (Lipinski definition) is 6. The fourth-order valence-electron chi connectivity index (χ4n) is 3.01. The summed E-state index contributed by atoms with van der Waals surface area (Å²) in [5.74, 6) is 0. The van der Waals surface area contributed by atoms with Crippen molar-refractivity contribution >= 4 is 16.7 Å². The number of nitriles is 1. The molecule has 0 fully saturated rings. The summed E-state index contributed by atoms with van der Waals surface area (Å²) >= 11 is 0. The summed E-state index contributed by atoms with van der Waals surface area (Å²) in [6.07, 6.45) is 2.91. The van der Waals surface area contributed by atoms with E-state index in [9.17, 15) is 10.1 Å². The number of fused-ring (bicyclic) bond motifs is 1. The Bertz CT molecular complexity index is 1230. The van der Waals surface area contributed by atoms with E-state index in [-0.39, 0.29) is 12.2 Å². The summed E-state index contributed by atoms with van der Waals surface area (Å²) in [6, 6.07) is 21.2. The molecule has 0 bridgehead atoms. The molecule has 0 aliphatic carbocycles. The third kappa shape index (κ3) is 3.77. The predicted molar refractivity (Wildman–Crippen MR) is 109 cm³/mol. The van der Waals surface area contributed by atoms with Crippen molar-refractivity contribution in [3.63, 3.8) is 0 Å². The van der Waals surface area contributed by atoms with Gasteiger partial charge in [0.25, 0.3) is 0 Å². The standard InChI is InChI=1S/C22H17N5O2/c23-11-18-20(25-12-16-7-3-1-4-8-16)19-13-24-15-26-21(19)27(22(18)28)29-14-17-9-5-2-6-10-17/h1-10,13,15,25H,12,14H2. The minimum Gasteiger partial charge on any atom is -0.404 e. The predicted octanol–water partition coefficient (Wildman–Crippen LogP) is 2.90. The van der Waals surface area contributed by atoms with Crippen LogP contribution in [0.5, 0.6) is 0 Å². The van der Waals surface area contributed by atoms with Crippen LogP contribution >= 0.6 is 0 Å². The van der Waals surface area contributed by atoms with Crippen LogP contribution in [0.3, 0.4) is 0 Å². The van der Waals surface area contributed by atoms with Crippen molar-refractivity contribution in [3.05, 3.63) is 100 Å². The van der Waals surface area contributed by atoms with Gasteiger partial charge in [-0.1, -0.05) is 60.7 Å². The zero-order valence-electron chi connectivity index (χ0n) is 15.4. The van der Waals surface area contributed by atoms with Crippen LogP contribution in [-0.2, 0) is 13.2 Å². The quantitative estimate of drug-likeness (QED) is 0.550. The Balaban J connectivity index is 1.75. The number of aromatic nitrogens is 3. The lowest BCUT2D eigenvalue weighted by Crippen LogP contribution is -2.30. The normalized spacial score (nSPS) is 10.4. The molecule has 0 saturated heterocycles. The van der Waals surface area contributed by atoms with E-state index in [4.69, 9.17) is 4.84 Å². The third-order valence-electron chi connectivity index (χ3n) is 4.43. The molecule has 0 aliphatic rings. The van der Waals surface area contributed by atoms with Gasteiger partial charge in [0.15, 0.2) is 5.65 Å². The molecule has 142 valence electrons. The minimum atomic E-state index is -0.565. The maximum absolute atomic E-state index is 13.0. The van der Waals surface area contributed by atoms with E-state index in [1.165, 1.54) is 6.33 Å². The number of rotatable bonds is 6. The summed E-state index contributed by atoms with van der Waals surface area (Å²) in [5, 5.41) is 13.4. The molecule has 0 radical (unpaired) electrons. The second kappa shape index (κ2) is 8.23. The van der Waals surface area contributed by atoms with Crippen LogP contribution in [0.15, 0.2) is 78.0 Å². The molecule has 7 heteroatoms. The molecule has 0 aliphatic heterocycles. The zero-order valence-corrected chi connectivity index (χ0v) is 15.4. The smallest absolute Gasteiger partial charge is 0.305 e. The van der Waals surface area contributed by atoms with E-state index in [1.54, 1.807) is 6.20 Å². The molecule has 29 heavy (non-hydrogen) atoms. The lowest BCUT2D eigenvalue weighted by Gasteiger charge is -2.15. The van der Waals surface area contributed by atoms with E-state index in [0.717, 1.165) is 15.9 Å². The molecule has 0 saturated carbocycles. The SMILES string of the molecule is N#Cc1c(NCc2ccccc2)c2cncnc2n(OCc2ccccc2)c1=O. The number of nitrogens with one attached hydrogen (secondary N) is 1. The van der Waals surface area contributed by atoms with Gasteiger partial charge in [0, 0.05) is 12.7 Å². The molecule has 7 nitrogen and oxygen atoms in total. The van der Waals surface area contributed by atoms with Crippen LogP contribution < -0.4 is 15.7 Å². The highest BCUT2D eigenvalue weighted by molar-refractivity contribution is 5.91. The molecule has 2 aromatic heterocycles. The first kappa shape index (κ1) is 18.2. The average Bonchev–Trinajstić information content (AvgIpc) is 2.78. The Kier molecular flexibility index (Phi) is 5.16. The fraction of sp³-hybridized carbons (Fsp3) is 0.0909. The lowest BCUT2D eigenvalue weighted by atomic mass is 10.1. The summed E-state index contributed by atoms with van der Waals surface area (Å²) in [6.45, 7) is 0.620. The van der Waals surface area contributed by atoms with E-state index >= 15 is 0 Å². The Morgan fingerprint density at radius 3 is 2.41 bits per heavy atom. The first-order valence-corrected chi connectivity index (χ1v) is 9.02. The summed E-state index contributed by atoms with van der Waals surface area (Å²) < 4.78 is 1.07. The van der Waals surface area contributed by atoms with Gasteiger partial charge >= 0.3 is 5.56 Å². The highest BCUT2D eigenvalue weighted by atomic mass is 16.7. The topological polar surface area (TPSA) is 92.8 Å². The molecule has 2 heterocycles. The van der Waals surface area contributed by atoms with Crippen LogP contribution in [-0.4, -0.2) is 14.7 Å². The van der Waals surface area contributed by atoms with Crippen molar-refractivity contribution < 1.29 is 4.84 Å². The second-order valence-electron chi connectivity index (χ2n) is 6.32. The van der Waals surface area contributed by atoms with Crippen molar-refractivity contribution in [1.29, 1.82) is 5.26 Å². The summed E-state index contributed by atoms with van der Waals surface area (Å²) in [5.41, 5.74) is 2.01. The molecule has 0 amide bonds. The number of nitrogens with zero attached hydrogens (tertiary/aromatic N) is 4. The maximum Gasteiger partial charge on any atom is 0.305 e. The second-order valence-corrected chi connectivity index (χ2v) is 6.32. The van der Waals surface area contributed by atoms with E-state index in [2.05, 4.69) is 15.3 Å². The van der Waals surface area contributed by atoms with Crippen LogP contribution in [0.4, 0.5) is 5.69 Å². The van der Waals surface area contributed by atoms with Gasteiger partial charge < -0.3 is 10.2 Å². The maximum atomic E-state index is 13.0. The summed E-state index contributed by atoms with van der Waals surface area (Å²) in [4.78, 5) is 27.0. The molecular weight excluding hydrogens is 366 g/mol. The largest absolute Gasteiger partial charge is 0.404 e. The van der Waals surface area contributed by atoms with Gasteiger partial charge in [-0.15, -0.1) is 4.73 Å². The Morgan fingerprint density at radius 1 is 1.03 bits per heavy atom. The first-order chi connectivity index (χ1) is 14.3. The first-order valence-electron chi connectivity index (χ1n) is 9.02. The third-order valence-corrected chi connectivity index (χ3v) is 4.43. The monoisotopic (exact) mass is 383 g/mol. The number of hydrogen-bond donors (Lipinski definition) is 1. The fourth-order valence-corrected chi connectivity index (χ4v) is 3.01. The number of pyridine rings is 1. The van der Waals surface area contributed by atoms with Crippen LogP contribution in [0, 0.1) is 11.3 Å². The number of benzene rings is 2. The zero-order chi connectivity index (χ0) is 20.1. The molecule has 2 aromatic carbocycles. The van der Waals surface area contributed by atoms with Gasteiger partial charge in [-0.05, 0) is 11.1 Å². The van der Waals surface area contributed by atoms with Crippen molar-refractivity contribution in [2.24, 2.45) is 0 Å².